The van der Waals surface area contributed by atoms with E-state index in [4.69, 9.17) is 4.74 Å². The highest BCUT2D eigenvalue weighted by Crippen LogP contribution is 2.18. The van der Waals surface area contributed by atoms with E-state index in [-0.39, 0.29) is 12.2 Å². The maximum absolute atomic E-state index is 10.5. The van der Waals surface area contributed by atoms with E-state index in [2.05, 4.69) is 4.99 Å². The number of nitrogens with zero attached hydrogens (tertiary/aromatic N) is 1. The molecule has 1 aromatic carbocycles. The van der Waals surface area contributed by atoms with Gasteiger partial charge in [0, 0.05) is 6.21 Å². The Bertz CT molecular complexity index is 348. The van der Waals surface area contributed by atoms with Gasteiger partial charge in [-0.1, -0.05) is 18.2 Å². The van der Waals surface area contributed by atoms with Gasteiger partial charge in [0.05, 0.1) is 11.8 Å². The van der Waals surface area contributed by atoms with Gasteiger partial charge in [0.25, 0.3) is 0 Å². The summed E-state index contributed by atoms with van der Waals surface area (Å²) in [6, 6.07) is 9.70. The quantitative estimate of drug-likeness (QED) is 0.557. The molecule has 0 amide bonds. The Hall–Kier alpha value is -1.48. The second kappa shape index (κ2) is 4.84. The number of carbonyl (C=O) groups is 1. The fourth-order valence-corrected chi connectivity index (χ4v) is 1.58. The topological polar surface area (TPSA) is 38.7 Å². The maximum atomic E-state index is 10.5. The lowest BCUT2D eigenvalue weighted by Gasteiger charge is -2.03. The van der Waals surface area contributed by atoms with Crippen molar-refractivity contribution in [1.29, 1.82) is 0 Å². The lowest BCUT2D eigenvalue weighted by molar-refractivity contribution is -0.116. The van der Waals surface area contributed by atoms with Crippen LogP contribution < -0.4 is 0 Å². The number of carbonyl (C=O) groups excluding carboxylic acids is 1. The molecule has 2 atom stereocenters. The largest absolute Gasteiger partial charge is 0.362 e. The average molecular weight is 203 g/mol. The summed E-state index contributed by atoms with van der Waals surface area (Å²) in [5.41, 5.74) is 0.913. The summed E-state index contributed by atoms with van der Waals surface area (Å²) in [5.74, 6) is 0. The molecule has 1 fully saturated rings. The van der Waals surface area contributed by atoms with Crippen LogP contribution in [0.3, 0.4) is 0 Å². The summed E-state index contributed by atoms with van der Waals surface area (Å²) < 4.78 is 5.41. The minimum atomic E-state index is -0.239. The van der Waals surface area contributed by atoms with Crippen molar-refractivity contribution in [3.8, 4) is 0 Å². The average Bonchev–Trinajstić information content (AvgIpc) is 2.76. The van der Waals surface area contributed by atoms with Gasteiger partial charge < -0.3 is 9.53 Å². The normalized spacial score (nSPS) is 25.9. The van der Waals surface area contributed by atoms with Gasteiger partial charge in [-0.25, -0.2) is 0 Å². The molecule has 0 saturated carbocycles. The van der Waals surface area contributed by atoms with Crippen molar-refractivity contribution in [2.45, 2.75) is 25.0 Å². The van der Waals surface area contributed by atoms with Gasteiger partial charge in [0.1, 0.15) is 12.4 Å². The first-order chi connectivity index (χ1) is 7.38. The Balaban J connectivity index is 1.93. The molecule has 78 valence electrons. The fraction of sp³-hybridized carbons (Fsp3) is 0.333. The Morgan fingerprint density at radius 1 is 1.20 bits per heavy atom. The molecule has 0 aromatic heterocycles. The van der Waals surface area contributed by atoms with Crippen LogP contribution in [-0.4, -0.2) is 24.7 Å². The summed E-state index contributed by atoms with van der Waals surface area (Å²) in [6.45, 7) is 0. The number of ether oxygens (including phenoxy) is 1. The molecule has 0 aliphatic carbocycles. The molecule has 1 aromatic rings. The van der Waals surface area contributed by atoms with Crippen molar-refractivity contribution >= 4 is 18.2 Å². The molecule has 3 heteroatoms. The number of benzene rings is 1. The zero-order valence-corrected chi connectivity index (χ0v) is 8.37. The molecule has 15 heavy (non-hydrogen) atoms. The maximum Gasteiger partial charge on any atom is 0.148 e. The zero-order valence-electron chi connectivity index (χ0n) is 8.37. The van der Waals surface area contributed by atoms with E-state index in [0.29, 0.717) is 0 Å². The third-order valence-corrected chi connectivity index (χ3v) is 2.38. The highest BCUT2D eigenvalue weighted by Gasteiger charge is 2.22. The Morgan fingerprint density at radius 2 is 1.93 bits per heavy atom. The van der Waals surface area contributed by atoms with Gasteiger partial charge in [-0.05, 0) is 25.0 Å². The first-order valence-electron chi connectivity index (χ1n) is 5.08. The molecule has 0 N–H and O–H groups in total. The van der Waals surface area contributed by atoms with Crippen LogP contribution >= 0.6 is 0 Å². The molecule has 1 heterocycles. The van der Waals surface area contributed by atoms with E-state index in [1.165, 1.54) is 0 Å². The minimum absolute atomic E-state index is 0.0135. The van der Waals surface area contributed by atoms with Gasteiger partial charge in [-0.2, -0.15) is 0 Å². The van der Waals surface area contributed by atoms with E-state index in [1.807, 2.05) is 30.3 Å². The first-order valence-corrected chi connectivity index (χ1v) is 5.08. The Kier molecular flexibility index (Phi) is 3.25. The summed E-state index contributed by atoms with van der Waals surface area (Å²) >= 11 is 0. The number of para-hydroxylation sites is 1. The molecule has 2 rings (SSSR count). The molecule has 1 aliphatic rings. The number of aldehydes is 1. The monoisotopic (exact) mass is 203 g/mol. The molecule has 0 bridgehead atoms. The van der Waals surface area contributed by atoms with Crippen molar-refractivity contribution in [2.24, 2.45) is 4.99 Å². The van der Waals surface area contributed by atoms with Crippen molar-refractivity contribution in [3.63, 3.8) is 0 Å². The van der Waals surface area contributed by atoms with E-state index in [0.717, 1.165) is 24.8 Å². The lowest BCUT2D eigenvalue weighted by atomic mass is 10.2. The van der Waals surface area contributed by atoms with Crippen molar-refractivity contribution < 1.29 is 9.53 Å². The lowest BCUT2D eigenvalue weighted by Crippen LogP contribution is -2.12. The predicted molar refractivity (Wildman–Crippen MR) is 58.6 cm³/mol. The number of hydrogen-bond acceptors (Lipinski definition) is 3. The SMILES string of the molecule is O=C[C@@H]1CC[C@H](C=Nc2ccccc2)O1. The number of rotatable bonds is 3. The van der Waals surface area contributed by atoms with Crippen LogP contribution in [-0.2, 0) is 9.53 Å². The fourth-order valence-electron chi connectivity index (χ4n) is 1.58. The molecule has 3 nitrogen and oxygen atoms in total. The van der Waals surface area contributed by atoms with Crippen molar-refractivity contribution in [3.05, 3.63) is 30.3 Å². The Labute approximate surface area is 88.8 Å². The van der Waals surface area contributed by atoms with Gasteiger partial charge >= 0.3 is 0 Å². The summed E-state index contributed by atoms with van der Waals surface area (Å²) in [6.07, 6.45) is 4.06. The molecule has 0 spiro atoms. The second-order valence-corrected chi connectivity index (χ2v) is 3.54. The summed E-state index contributed by atoms with van der Waals surface area (Å²) in [7, 11) is 0. The van der Waals surface area contributed by atoms with Crippen LogP contribution in [0.2, 0.25) is 0 Å². The molecule has 1 aliphatic heterocycles. The minimum Gasteiger partial charge on any atom is -0.362 e. The van der Waals surface area contributed by atoms with E-state index >= 15 is 0 Å². The van der Waals surface area contributed by atoms with Gasteiger partial charge in [-0.15, -0.1) is 0 Å². The van der Waals surface area contributed by atoms with E-state index in [1.54, 1.807) is 6.21 Å². The van der Waals surface area contributed by atoms with E-state index < -0.39 is 0 Å². The van der Waals surface area contributed by atoms with Crippen molar-refractivity contribution in [2.75, 3.05) is 0 Å². The number of hydrogen-bond donors (Lipinski definition) is 0. The second-order valence-electron chi connectivity index (χ2n) is 3.54. The third-order valence-electron chi connectivity index (χ3n) is 2.38. The van der Waals surface area contributed by atoms with Gasteiger partial charge in [0.15, 0.2) is 0 Å². The summed E-state index contributed by atoms with van der Waals surface area (Å²) in [5, 5.41) is 0. The standard InChI is InChI=1S/C12H13NO2/c14-9-12-7-6-11(15-12)8-13-10-4-2-1-3-5-10/h1-5,8-9,11-12H,6-7H2/t11-,12+/m1/s1. The molecule has 1 saturated heterocycles. The number of aliphatic imine (C=N–C) groups is 1. The highest BCUT2D eigenvalue weighted by atomic mass is 16.5. The summed E-state index contributed by atoms with van der Waals surface area (Å²) in [4.78, 5) is 14.7. The van der Waals surface area contributed by atoms with Crippen LogP contribution in [0.5, 0.6) is 0 Å². The molecule has 0 radical (unpaired) electrons. The highest BCUT2D eigenvalue weighted by molar-refractivity contribution is 5.69. The molecular weight excluding hydrogens is 190 g/mol. The van der Waals surface area contributed by atoms with E-state index in [9.17, 15) is 4.79 Å². The molecular formula is C12H13NO2. The Morgan fingerprint density at radius 3 is 2.60 bits per heavy atom. The molecule has 0 unspecified atom stereocenters. The van der Waals surface area contributed by atoms with Gasteiger partial charge in [-0.3, -0.25) is 4.99 Å². The predicted octanol–water partition coefficient (Wildman–Crippen LogP) is 2.14. The van der Waals surface area contributed by atoms with Crippen LogP contribution in [0.1, 0.15) is 12.8 Å². The van der Waals surface area contributed by atoms with Crippen LogP contribution in [0.15, 0.2) is 35.3 Å². The zero-order chi connectivity index (χ0) is 10.5. The smallest absolute Gasteiger partial charge is 0.148 e. The first kappa shape index (κ1) is 10.1. The third kappa shape index (κ3) is 2.73. The van der Waals surface area contributed by atoms with Crippen LogP contribution in [0, 0.1) is 0 Å². The van der Waals surface area contributed by atoms with Crippen LogP contribution in [0.4, 0.5) is 5.69 Å². The van der Waals surface area contributed by atoms with Crippen molar-refractivity contribution in [1.82, 2.24) is 0 Å². The van der Waals surface area contributed by atoms with Gasteiger partial charge in [0.2, 0.25) is 0 Å². The van der Waals surface area contributed by atoms with Crippen LogP contribution in [0.25, 0.3) is 0 Å².